The zero-order valence-corrected chi connectivity index (χ0v) is 14.2. The molecule has 0 saturated carbocycles. The largest absolute Gasteiger partial charge is 0.351 e. The van der Waals surface area contributed by atoms with Crippen LogP contribution in [0.3, 0.4) is 0 Å². The minimum atomic E-state index is -0.732. The summed E-state index contributed by atoms with van der Waals surface area (Å²) >= 11 is 6.21. The van der Waals surface area contributed by atoms with Crippen molar-refractivity contribution in [1.82, 2.24) is 15.0 Å². The Bertz CT molecular complexity index is 876. The molecule has 5 nitrogen and oxygen atoms in total. The normalized spacial score (nSPS) is 16.1. The van der Waals surface area contributed by atoms with Crippen LogP contribution in [-0.4, -0.2) is 25.7 Å². The third kappa shape index (κ3) is 3.10. The molecular formula is C16H12FN3O2S2. The molecule has 2 aromatic rings. The van der Waals surface area contributed by atoms with E-state index in [0.29, 0.717) is 4.91 Å². The van der Waals surface area contributed by atoms with Crippen LogP contribution in [0, 0.1) is 5.82 Å². The number of carbonyl (C=O) groups is 2. The van der Waals surface area contributed by atoms with Gasteiger partial charge in [-0.25, -0.2) is 4.39 Å². The third-order valence-electron chi connectivity index (χ3n) is 3.39. The number of rotatable bonds is 3. The molecule has 24 heavy (non-hydrogen) atoms. The van der Waals surface area contributed by atoms with E-state index in [1.807, 2.05) is 29.9 Å². The van der Waals surface area contributed by atoms with Gasteiger partial charge in [0.25, 0.3) is 11.8 Å². The van der Waals surface area contributed by atoms with Crippen LogP contribution < -0.4 is 5.43 Å². The highest BCUT2D eigenvalue weighted by molar-refractivity contribution is 8.26. The monoisotopic (exact) mass is 361 g/mol. The highest BCUT2D eigenvalue weighted by Gasteiger charge is 2.34. The zero-order valence-electron chi connectivity index (χ0n) is 12.5. The molecule has 1 aliphatic rings. The van der Waals surface area contributed by atoms with Gasteiger partial charge < -0.3 is 4.57 Å². The van der Waals surface area contributed by atoms with Crippen LogP contribution in [0.1, 0.15) is 16.1 Å². The molecule has 8 heteroatoms. The van der Waals surface area contributed by atoms with Gasteiger partial charge in [-0.3, -0.25) is 15.0 Å². The fraction of sp³-hybridized carbons (Fsp3) is 0.0625. The first-order chi connectivity index (χ1) is 11.5. The molecular weight excluding hydrogens is 349 g/mol. The van der Waals surface area contributed by atoms with Crippen LogP contribution in [0.5, 0.6) is 0 Å². The first-order valence-corrected chi connectivity index (χ1v) is 8.14. The maximum Gasteiger partial charge on any atom is 0.285 e. The molecule has 0 atom stereocenters. The van der Waals surface area contributed by atoms with Crippen LogP contribution in [0.25, 0.3) is 6.08 Å². The van der Waals surface area contributed by atoms with Gasteiger partial charge >= 0.3 is 0 Å². The van der Waals surface area contributed by atoms with Crippen LogP contribution in [0.15, 0.2) is 47.5 Å². The van der Waals surface area contributed by atoms with Gasteiger partial charge in [0, 0.05) is 18.9 Å². The van der Waals surface area contributed by atoms with Gasteiger partial charge in [0.05, 0.1) is 10.5 Å². The Morgan fingerprint density at radius 1 is 1.29 bits per heavy atom. The third-order valence-corrected chi connectivity index (χ3v) is 4.69. The van der Waals surface area contributed by atoms with E-state index in [4.69, 9.17) is 12.2 Å². The first-order valence-electron chi connectivity index (χ1n) is 6.92. The highest BCUT2D eigenvalue weighted by Crippen LogP contribution is 2.31. The molecule has 0 aliphatic carbocycles. The molecule has 122 valence electrons. The second-order valence-electron chi connectivity index (χ2n) is 4.98. The van der Waals surface area contributed by atoms with Crippen LogP contribution in [0.2, 0.25) is 0 Å². The summed E-state index contributed by atoms with van der Waals surface area (Å²) in [4.78, 5) is 25.0. The van der Waals surface area contributed by atoms with E-state index in [2.05, 4.69) is 5.43 Å². The predicted octanol–water partition coefficient (Wildman–Crippen LogP) is 2.71. The SMILES string of the molecule is Cn1cccc1/C=C1/SC(=S)N(NC(=O)c2ccccc2F)C1=O. The lowest BCUT2D eigenvalue weighted by molar-refractivity contribution is -0.123. The lowest BCUT2D eigenvalue weighted by Gasteiger charge is -2.15. The number of nitrogens with one attached hydrogen (secondary N) is 1. The quantitative estimate of drug-likeness (QED) is 0.675. The number of aryl methyl sites for hydroxylation is 1. The van der Waals surface area contributed by atoms with Gasteiger partial charge in [0.1, 0.15) is 5.82 Å². The van der Waals surface area contributed by atoms with Crippen LogP contribution in [-0.2, 0) is 11.8 Å². The van der Waals surface area contributed by atoms with Crippen molar-refractivity contribution in [2.24, 2.45) is 7.05 Å². The standard InChI is InChI=1S/C16H12FN3O2S2/c1-19-8-4-5-10(19)9-13-15(22)20(16(23)24-13)18-14(21)11-6-2-3-7-12(11)17/h2-9H,1H3,(H,18,21)/b13-9+. The Kier molecular flexibility index (Phi) is 4.50. The van der Waals surface area contributed by atoms with E-state index < -0.39 is 17.6 Å². The van der Waals surface area contributed by atoms with Crippen molar-refractivity contribution < 1.29 is 14.0 Å². The minimum Gasteiger partial charge on any atom is -0.351 e. The summed E-state index contributed by atoms with van der Waals surface area (Å²) in [6, 6.07) is 9.24. The van der Waals surface area contributed by atoms with Gasteiger partial charge in [-0.1, -0.05) is 23.9 Å². The van der Waals surface area contributed by atoms with E-state index in [0.717, 1.165) is 22.5 Å². The average Bonchev–Trinajstić information content (AvgIpc) is 3.06. The highest BCUT2D eigenvalue weighted by atomic mass is 32.2. The summed E-state index contributed by atoms with van der Waals surface area (Å²) in [5.41, 5.74) is 3.03. The Morgan fingerprint density at radius 3 is 2.71 bits per heavy atom. The fourth-order valence-corrected chi connectivity index (χ4v) is 3.29. The first kappa shape index (κ1) is 16.4. The molecule has 1 aromatic heterocycles. The van der Waals surface area contributed by atoms with Crippen molar-refractivity contribution in [2.75, 3.05) is 0 Å². The number of hydrogen-bond acceptors (Lipinski definition) is 4. The van der Waals surface area contributed by atoms with E-state index in [-0.39, 0.29) is 9.88 Å². The lowest BCUT2D eigenvalue weighted by atomic mass is 10.2. The summed E-state index contributed by atoms with van der Waals surface area (Å²) < 4.78 is 15.7. The topological polar surface area (TPSA) is 54.3 Å². The zero-order chi connectivity index (χ0) is 17.3. The summed E-state index contributed by atoms with van der Waals surface area (Å²) in [5.74, 6) is -1.85. The molecule has 1 N–H and O–H groups in total. The lowest BCUT2D eigenvalue weighted by Crippen LogP contribution is -2.45. The summed E-state index contributed by atoms with van der Waals surface area (Å²) in [5, 5.41) is 0.962. The molecule has 0 bridgehead atoms. The molecule has 2 amide bonds. The van der Waals surface area contributed by atoms with Gasteiger partial charge in [0.15, 0.2) is 4.32 Å². The van der Waals surface area contributed by atoms with Crippen molar-refractivity contribution in [3.63, 3.8) is 0 Å². The smallest absolute Gasteiger partial charge is 0.285 e. The molecule has 1 saturated heterocycles. The molecule has 0 spiro atoms. The number of halogens is 1. The molecule has 3 rings (SSSR count). The molecule has 0 radical (unpaired) electrons. The predicted molar refractivity (Wildman–Crippen MR) is 94.3 cm³/mol. The second kappa shape index (κ2) is 6.58. The molecule has 2 heterocycles. The van der Waals surface area contributed by atoms with Crippen molar-refractivity contribution >= 4 is 46.2 Å². The van der Waals surface area contributed by atoms with Crippen molar-refractivity contribution in [1.29, 1.82) is 0 Å². The van der Waals surface area contributed by atoms with Crippen molar-refractivity contribution in [3.8, 4) is 0 Å². The van der Waals surface area contributed by atoms with Crippen LogP contribution in [0.4, 0.5) is 4.39 Å². The maximum atomic E-state index is 13.7. The number of hydrazine groups is 1. The van der Waals surface area contributed by atoms with E-state index in [1.165, 1.54) is 24.3 Å². The number of thioether (sulfide) groups is 1. The van der Waals surface area contributed by atoms with E-state index >= 15 is 0 Å². The van der Waals surface area contributed by atoms with Gasteiger partial charge in [0.2, 0.25) is 0 Å². The Morgan fingerprint density at radius 2 is 2.04 bits per heavy atom. The van der Waals surface area contributed by atoms with E-state index in [1.54, 1.807) is 6.08 Å². The van der Waals surface area contributed by atoms with Crippen LogP contribution >= 0.6 is 24.0 Å². The number of thiocarbonyl (C=S) groups is 1. The Balaban J connectivity index is 1.80. The maximum absolute atomic E-state index is 13.7. The fourth-order valence-electron chi connectivity index (χ4n) is 2.13. The average molecular weight is 361 g/mol. The summed E-state index contributed by atoms with van der Waals surface area (Å²) in [7, 11) is 1.85. The number of benzene rings is 1. The Labute approximate surface area is 147 Å². The summed E-state index contributed by atoms with van der Waals surface area (Å²) in [6.45, 7) is 0. The molecule has 0 unspecified atom stereocenters. The molecule has 1 aromatic carbocycles. The summed E-state index contributed by atoms with van der Waals surface area (Å²) in [6.07, 6.45) is 3.54. The number of aromatic nitrogens is 1. The number of carbonyl (C=O) groups excluding carboxylic acids is 2. The van der Waals surface area contributed by atoms with E-state index in [9.17, 15) is 14.0 Å². The van der Waals surface area contributed by atoms with Crippen molar-refractivity contribution in [3.05, 3.63) is 64.6 Å². The Hall–Kier alpha value is -2.45. The number of nitrogens with zero attached hydrogens (tertiary/aromatic N) is 2. The number of amides is 2. The number of hydrogen-bond donors (Lipinski definition) is 1. The molecule has 1 aliphatic heterocycles. The minimum absolute atomic E-state index is 0.155. The molecule has 1 fully saturated rings. The second-order valence-corrected chi connectivity index (χ2v) is 6.66. The van der Waals surface area contributed by atoms with Gasteiger partial charge in [-0.15, -0.1) is 0 Å². The van der Waals surface area contributed by atoms with Gasteiger partial charge in [-0.05, 0) is 42.6 Å². The van der Waals surface area contributed by atoms with Gasteiger partial charge in [-0.2, -0.15) is 5.01 Å². The van der Waals surface area contributed by atoms with Crippen molar-refractivity contribution in [2.45, 2.75) is 0 Å².